The van der Waals surface area contributed by atoms with Gasteiger partial charge in [-0.3, -0.25) is 0 Å². The van der Waals surface area contributed by atoms with Crippen LogP contribution >= 0.6 is 25.3 Å². The zero-order valence-corrected chi connectivity index (χ0v) is 28.6. The van der Waals surface area contributed by atoms with Gasteiger partial charge in [0, 0.05) is 39.4 Å². The molecule has 6 heteroatoms. The first-order chi connectivity index (χ1) is 22.6. The van der Waals surface area contributed by atoms with Crippen LogP contribution in [0.15, 0.2) is 94.7 Å². The molecule has 0 unspecified atom stereocenters. The predicted molar refractivity (Wildman–Crippen MR) is 195 cm³/mol. The summed E-state index contributed by atoms with van der Waals surface area (Å²) in [6.45, 7) is 2.69. The summed E-state index contributed by atoms with van der Waals surface area (Å²) in [6, 6.07) is 30.8. The maximum atomic E-state index is 6.34. The van der Waals surface area contributed by atoms with E-state index in [0.717, 1.165) is 58.6 Å². The second-order valence-corrected chi connectivity index (χ2v) is 14.3. The molecule has 0 N–H and O–H groups in total. The summed E-state index contributed by atoms with van der Waals surface area (Å²) in [7, 11) is 0. The number of hydrogen-bond donors (Lipinski definition) is 2. The Kier molecular flexibility index (Phi) is 9.74. The van der Waals surface area contributed by atoms with Gasteiger partial charge in [-0.15, -0.1) is 25.3 Å². The first-order valence-electron chi connectivity index (χ1n) is 17.2. The Balaban J connectivity index is 1.27. The van der Waals surface area contributed by atoms with Crippen LogP contribution in [0.3, 0.4) is 0 Å². The molecule has 0 atom stereocenters. The van der Waals surface area contributed by atoms with Crippen molar-refractivity contribution in [3.05, 3.63) is 107 Å². The zero-order chi connectivity index (χ0) is 31.3. The Labute approximate surface area is 285 Å². The van der Waals surface area contributed by atoms with E-state index in [4.69, 9.17) is 34.7 Å². The van der Waals surface area contributed by atoms with Gasteiger partial charge >= 0.3 is 0 Å². The van der Waals surface area contributed by atoms with Crippen molar-refractivity contribution in [2.24, 2.45) is 0 Å². The maximum Gasteiger partial charge on any atom is 0.161 e. The van der Waals surface area contributed by atoms with Crippen molar-refractivity contribution in [3.8, 4) is 11.5 Å². The summed E-state index contributed by atoms with van der Waals surface area (Å²) in [5.41, 5.74) is 7.50. The fraction of sp³-hybridized carbons (Fsp3) is 0.400. The molecule has 0 spiro atoms. The summed E-state index contributed by atoms with van der Waals surface area (Å²) in [6.07, 6.45) is 14.2. The molecular formula is C40H46N2O2S2. The molecule has 4 aromatic carbocycles. The third-order valence-electron chi connectivity index (χ3n) is 10.4. The second-order valence-electron chi connectivity index (χ2n) is 13.3. The van der Waals surface area contributed by atoms with Crippen molar-refractivity contribution in [1.82, 2.24) is 0 Å². The van der Waals surface area contributed by atoms with Gasteiger partial charge in [0.2, 0.25) is 0 Å². The van der Waals surface area contributed by atoms with E-state index < -0.39 is 0 Å². The summed E-state index contributed by atoms with van der Waals surface area (Å²) in [5, 5.41) is 0. The molecule has 2 aliphatic heterocycles. The highest BCUT2D eigenvalue weighted by Gasteiger charge is 2.36. The Morgan fingerprint density at radius 1 is 0.500 bits per heavy atom. The van der Waals surface area contributed by atoms with Crippen LogP contribution in [0.2, 0.25) is 0 Å². The smallest absolute Gasteiger partial charge is 0.161 e. The first-order valence-corrected chi connectivity index (χ1v) is 18.1. The molecule has 1 fully saturated rings. The van der Waals surface area contributed by atoms with E-state index >= 15 is 0 Å². The fourth-order valence-electron chi connectivity index (χ4n) is 7.81. The zero-order valence-electron chi connectivity index (χ0n) is 26.8. The average molecular weight is 651 g/mol. The molecule has 240 valence electrons. The van der Waals surface area contributed by atoms with E-state index in [1.165, 1.54) is 80.0 Å². The number of hydrogen-bond acceptors (Lipinski definition) is 6. The molecule has 4 aromatic rings. The Morgan fingerprint density at radius 2 is 0.913 bits per heavy atom. The Morgan fingerprint density at radius 3 is 1.35 bits per heavy atom. The quantitative estimate of drug-likeness (QED) is 0.215. The summed E-state index contributed by atoms with van der Waals surface area (Å²) >= 11 is 9.52. The van der Waals surface area contributed by atoms with Crippen LogP contribution in [-0.4, -0.2) is 13.5 Å². The van der Waals surface area contributed by atoms with Crippen LogP contribution in [0.4, 0.5) is 11.4 Å². The summed E-state index contributed by atoms with van der Waals surface area (Å²) < 4.78 is 12.7. The molecule has 1 aliphatic carbocycles. The largest absolute Gasteiger partial charge is 0.473 e. The number of fused-ring (bicyclic) bond motifs is 2. The number of benzene rings is 4. The van der Waals surface area contributed by atoms with E-state index in [9.17, 15) is 0 Å². The summed E-state index contributed by atoms with van der Waals surface area (Å²) in [5.74, 6) is 2.00. The highest BCUT2D eigenvalue weighted by atomic mass is 32.1. The van der Waals surface area contributed by atoms with Gasteiger partial charge in [-0.05, 0) is 72.5 Å². The average Bonchev–Trinajstić information content (AvgIpc) is 3.08. The molecule has 0 radical (unpaired) electrons. The number of nitrogens with zero attached hydrogens (tertiary/aromatic N) is 2. The van der Waals surface area contributed by atoms with Crippen LogP contribution in [0, 0.1) is 0 Å². The van der Waals surface area contributed by atoms with Gasteiger partial charge in [0.05, 0.1) is 11.4 Å². The van der Waals surface area contributed by atoms with Crippen LogP contribution < -0.4 is 19.3 Å². The van der Waals surface area contributed by atoms with Crippen molar-refractivity contribution < 1.29 is 9.47 Å². The normalized spacial score (nSPS) is 18.7. The van der Waals surface area contributed by atoms with E-state index in [1.54, 1.807) is 0 Å². The van der Waals surface area contributed by atoms with Crippen LogP contribution in [-0.2, 0) is 18.5 Å². The molecule has 2 heterocycles. The predicted octanol–water partition coefficient (Wildman–Crippen LogP) is 10.6. The number of rotatable bonds is 4. The van der Waals surface area contributed by atoms with Crippen molar-refractivity contribution in [2.75, 3.05) is 23.3 Å². The molecule has 0 saturated heterocycles. The molecule has 1 saturated carbocycles. The lowest BCUT2D eigenvalue weighted by Crippen LogP contribution is -2.34. The van der Waals surface area contributed by atoms with Gasteiger partial charge in [-0.2, -0.15) is 0 Å². The van der Waals surface area contributed by atoms with E-state index in [1.807, 2.05) is 12.1 Å². The minimum Gasteiger partial charge on any atom is -0.473 e. The van der Waals surface area contributed by atoms with Gasteiger partial charge in [0.15, 0.2) is 13.5 Å². The van der Waals surface area contributed by atoms with Crippen molar-refractivity contribution in [2.45, 2.75) is 98.9 Å². The standard InChI is InChI=1S/C40H46N2O2S2/c45-38-16-10-8-14-34(38)41-26-30-24-32(18-20-36(30)43-28-41)40(22-12-6-4-2-1-3-5-7-13-23-40)33-19-21-37-31(25-33)27-42(29-44-37)35-15-9-11-17-39(35)46/h8-11,14-21,24-25,45-46H,1-7,12-13,22-23,26-29H2. The van der Waals surface area contributed by atoms with Crippen LogP contribution in [0.5, 0.6) is 11.5 Å². The molecule has 7 rings (SSSR count). The number of anilines is 2. The molecule has 0 bridgehead atoms. The fourth-order valence-corrected chi connectivity index (χ4v) is 8.42. The maximum absolute atomic E-state index is 6.34. The summed E-state index contributed by atoms with van der Waals surface area (Å²) in [4.78, 5) is 6.55. The minimum atomic E-state index is -0.0727. The van der Waals surface area contributed by atoms with Gasteiger partial charge < -0.3 is 19.3 Å². The van der Waals surface area contributed by atoms with Gasteiger partial charge in [0.25, 0.3) is 0 Å². The van der Waals surface area contributed by atoms with Crippen molar-refractivity contribution >= 4 is 36.6 Å². The van der Waals surface area contributed by atoms with E-state index in [-0.39, 0.29) is 5.41 Å². The molecule has 4 nitrogen and oxygen atoms in total. The molecular weight excluding hydrogens is 605 g/mol. The topological polar surface area (TPSA) is 24.9 Å². The number of ether oxygens (including phenoxy) is 2. The molecule has 3 aliphatic rings. The SMILES string of the molecule is Sc1ccccc1N1COc2ccc(C3(c4ccc5c(c4)CN(c4ccccc4S)CO5)CCCCCCCCCCC3)cc2C1. The van der Waals surface area contributed by atoms with Gasteiger partial charge in [-0.25, -0.2) is 0 Å². The lowest BCUT2D eigenvalue weighted by molar-refractivity contribution is 0.287. The molecule has 0 amide bonds. The molecule has 46 heavy (non-hydrogen) atoms. The number of para-hydroxylation sites is 2. The first kappa shape index (κ1) is 31.4. The number of thiol groups is 2. The van der Waals surface area contributed by atoms with Crippen LogP contribution in [0.25, 0.3) is 0 Å². The third kappa shape index (κ3) is 6.61. The van der Waals surface area contributed by atoms with E-state index in [0.29, 0.717) is 13.5 Å². The van der Waals surface area contributed by atoms with Gasteiger partial charge in [0.1, 0.15) is 11.5 Å². The highest BCUT2D eigenvalue weighted by Crippen LogP contribution is 2.46. The second kappa shape index (κ2) is 14.3. The van der Waals surface area contributed by atoms with Gasteiger partial charge in [-0.1, -0.05) is 94.2 Å². The third-order valence-corrected chi connectivity index (χ3v) is 11.1. The highest BCUT2D eigenvalue weighted by molar-refractivity contribution is 7.80. The minimum absolute atomic E-state index is 0.0727. The Bertz CT molecular complexity index is 1540. The lowest BCUT2D eigenvalue weighted by atomic mass is 9.67. The van der Waals surface area contributed by atoms with E-state index in [2.05, 4.69) is 82.6 Å². The van der Waals surface area contributed by atoms with Crippen LogP contribution in [0.1, 0.15) is 92.9 Å². The van der Waals surface area contributed by atoms with Crippen molar-refractivity contribution in [1.29, 1.82) is 0 Å². The molecule has 0 aromatic heterocycles. The van der Waals surface area contributed by atoms with Crippen molar-refractivity contribution in [3.63, 3.8) is 0 Å². The lowest BCUT2D eigenvalue weighted by Gasteiger charge is -2.39. The Hall–Kier alpha value is -3.22. The monoisotopic (exact) mass is 650 g/mol.